The van der Waals surface area contributed by atoms with Crippen molar-refractivity contribution >= 4 is 40.5 Å². The van der Waals surface area contributed by atoms with E-state index in [-0.39, 0.29) is 22.0 Å². The van der Waals surface area contributed by atoms with Crippen LogP contribution >= 0.6 is 23.2 Å². The number of hydrogen-bond acceptors (Lipinski definition) is 4. The molecule has 6 nitrogen and oxygen atoms in total. The van der Waals surface area contributed by atoms with E-state index in [2.05, 4.69) is 5.32 Å². The van der Waals surface area contributed by atoms with Gasteiger partial charge in [0, 0.05) is 11.1 Å². The Morgan fingerprint density at radius 1 is 1.23 bits per heavy atom. The van der Waals surface area contributed by atoms with Crippen molar-refractivity contribution in [2.45, 2.75) is 0 Å². The second-order valence-electron chi connectivity index (χ2n) is 4.22. The molecule has 0 spiro atoms. The highest BCUT2D eigenvalue weighted by Crippen LogP contribution is 2.30. The van der Waals surface area contributed by atoms with Crippen molar-refractivity contribution in [3.8, 4) is 5.75 Å². The van der Waals surface area contributed by atoms with E-state index in [0.29, 0.717) is 10.7 Å². The number of nitrogens with zero attached hydrogens (tertiary/aromatic N) is 1. The van der Waals surface area contributed by atoms with Gasteiger partial charge in [-0.15, -0.1) is 0 Å². The van der Waals surface area contributed by atoms with Crippen molar-refractivity contribution in [3.05, 3.63) is 62.1 Å². The minimum atomic E-state index is -0.551. The van der Waals surface area contributed by atoms with Crippen LogP contribution in [0.25, 0.3) is 0 Å². The molecular formula is C14H10Cl2N2O4. The molecule has 8 heteroatoms. The molecule has 2 rings (SSSR count). The summed E-state index contributed by atoms with van der Waals surface area (Å²) in [5.74, 6) is -0.304. The van der Waals surface area contributed by atoms with Gasteiger partial charge in [-0.05, 0) is 24.3 Å². The molecular weight excluding hydrogens is 331 g/mol. The number of carbonyl (C=O) groups is 1. The lowest BCUT2D eigenvalue weighted by molar-refractivity contribution is -0.384. The van der Waals surface area contributed by atoms with E-state index in [1.807, 2.05) is 0 Å². The van der Waals surface area contributed by atoms with Gasteiger partial charge in [0.05, 0.1) is 34.4 Å². The Balaban J connectivity index is 2.30. The second kappa shape index (κ2) is 6.64. The van der Waals surface area contributed by atoms with E-state index in [9.17, 15) is 14.9 Å². The van der Waals surface area contributed by atoms with Crippen LogP contribution in [0.15, 0.2) is 36.4 Å². The number of ether oxygens (including phenoxy) is 1. The number of nitrogens with one attached hydrogen (secondary N) is 1. The predicted octanol–water partition coefficient (Wildman–Crippen LogP) is 4.16. The highest BCUT2D eigenvalue weighted by molar-refractivity contribution is 6.37. The predicted molar refractivity (Wildman–Crippen MR) is 84.1 cm³/mol. The van der Waals surface area contributed by atoms with Crippen molar-refractivity contribution in [1.82, 2.24) is 0 Å². The zero-order chi connectivity index (χ0) is 16.3. The quantitative estimate of drug-likeness (QED) is 0.669. The fourth-order valence-electron chi connectivity index (χ4n) is 1.76. The molecule has 0 saturated carbocycles. The first-order valence-electron chi connectivity index (χ1n) is 6.01. The Kier molecular flexibility index (Phi) is 4.85. The van der Waals surface area contributed by atoms with Crippen LogP contribution in [0, 0.1) is 10.1 Å². The molecule has 1 N–H and O–H groups in total. The lowest BCUT2D eigenvalue weighted by Gasteiger charge is -2.10. The van der Waals surface area contributed by atoms with E-state index in [1.54, 1.807) is 0 Å². The summed E-state index contributed by atoms with van der Waals surface area (Å²) in [7, 11) is 1.35. The highest BCUT2D eigenvalue weighted by Gasteiger charge is 2.16. The number of carbonyl (C=O) groups excluding carboxylic acids is 1. The fourth-order valence-corrected chi connectivity index (χ4v) is 2.25. The fraction of sp³-hybridized carbons (Fsp3) is 0.0714. The number of amides is 1. The van der Waals surface area contributed by atoms with Gasteiger partial charge in [-0.25, -0.2) is 0 Å². The van der Waals surface area contributed by atoms with Crippen LogP contribution in [0.2, 0.25) is 10.0 Å². The van der Waals surface area contributed by atoms with Crippen molar-refractivity contribution in [2.24, 2.45) is 0 Å². The maximum Gasteiger partial charge on any atom is 0.273 e. The van der Waals surface area contributed by atoms with Gasteiger partial charge < -0.3 is 10.1 Å². The van der Waals surface area contributed by atoms with Crippen molar-refractivity contribution in [3.63, 3.8) is 0 Å². The second-order valence-corrected chi connectivity index (χ2v) is 5.06. The number of benzene rings is 2. The van der Waals surface area contributed by atoms with Crippen LogP contribution in [0.1, 0.15) is 10.4 Å². The summed E-state index contributed by atoms with van der Waals surface area (Å²) in [4.78, 5) is 22.4. The average molecular weight is 341 g/mol. The molecule has 0 aliphatic carbocycles. The molecule has 0 saturated heterocycles. The van der Waals surface area contributed by atoms with Gasteiger partial charge in [-0.2, -0.15) is 0 Å². The van der Waals surface area contributed by atoms with Crippen LogP contribution in [0.4, 0.5) is 11.4 Å². The highest BCUT2D eigenvalue weighted by atomic mass is 35.5. The van der Waals surface area contributed by atoms with Gasteiger partial charge >= 0.3 is 0 Å². The van der Waals surface area contributed by atoms with Gasteiger partial charge in [0.25, 0.3) is 11.6 Å². The third kappa shape index (κ3) is 3.47. The van der Waals surface area contributed by atoms with Crippen LogP contribution in [0.3, 0.4) is 0 Å². The van der Waals surface area contributed by atoms with E-state index in [4.69, 9.17) is 27.9 Å². The standard InChI is InChI=1S/C14H10Cl2N2O4/c1-22-13-7-9(18(20)21)3-5-12(13)17-14(19)10-4-2-8(15)6-11(10)16/h2-7H,1H3,(H,17,19). The molecule has 0 bridgehead atoms. The van der Waals surface area contributed by atoms with Crippen LogP contribution in [-0.2, 0) is 0 Å². The Hall–Kier alpha value is -2.31. The number of rotatable bonds is 4. The third-order valence-corrected chi connectivity index (χ3v) is 3.37. The Morgan fingerprint density at radius 3 is 2.55 bits per heavy atom. The monoisotopic (exact) mass is 340 g/mol. The van der Waals surface area contributed by atoms with Gasteiger partial charge in [-0.1, -0.05) is 23.2 Å². The third-order valence-electron chi connectivity index (χ3n) is 2.82. The molecule has 22 heavy (non-hydrogen) atoms. The topological polar surface area (TPSA) is 81.5 Å². The first kappa shape index (κ1) is 16.1. The Bertz CT molecular complexity index is 750. The molecule has 1 amide bonds. The summed E-state index contributed by atoms with van der Waals surface area (Å²) in [6.45, 7) is 0. The van der Waals surface area contributed by atoms with E-state index >= 15 is 0 Å². The molecule has 0 aromatic heterocycles. The molecule has 0 aliphatic rings. The summed E-state index contributed by atoms with van der Waals surface area (Å²) in [6.07, 6.45) is 0. The van der Waals surface area contributed by atoms with Crippen molar-refractivity contribution in [2.75, 3.05) is 12.4 Å². The number of non-ortho nitro benzene ring substituents is 1. The molecule has 114 valence electrons. The average Bonchev–Trinajstić information content (AvgIpc) is 2.47. The van der Waals surface area contributed by atoms with E-state index in [1.165, 1.54) is 43.5 Å². The molecule has 0 aliphatic heterocycles. The maximum absolute atomic E-state index is 12.2. The summed E-state index contributed by atoms with van der Waals surface area (Å²) >= 11 is 11.7. The summed E-state index contributed by atoms with van der Waals surface area (Å²) in [5.41, 5.74) is 0.384. The van der Waals surface area contributed by atoms with Crippen LogP contribution < -0.4 is 10.1 Å². The Labute approximate surface area is 135 Å². The number of nitro benzene ring substituents is 1. The molecule has 2 aromatic carbocycles. The molecule has 0 unspecified atom stereocenters. The lowest BCUT2D eigenvalue weighted by Crippen LogP contribution is -2.13. The minimum Gasteiger partial charge on any atom is -0.494 e. The number of anilines is 1. The van der Waals surface area contributed by atoms with Crippen LogP contribution in [0.5, 0.6) is 5.75 Å². The summed E-state index contributed by atoms with van der Waals surface area (Å²) < 4.78 is 5.05. The van der Waals surface area contributed by atoms with Gasteiger partial charge in [0.2, 0.25) is 0 Å². The molecule has 0 heterocycles. The van der Waals surface area contributed by atoms with E-state index in [0.717, 1.165) is 0 Å². The molecule has 0 fully saturated rings. The first-order chi connectivity index (χ1) is 10.4. The zero-order valence-corrected chi connectivity index (χ0v) is 12.8. The first-order valence-corrected chi connectivity index (χ1v) is 6.77. The molecule has 0 atom stereocenters. The van der Waals surface area contributed by atoms with Gasteiger partial charge in [-0.3, -0.25) is 14.9 Å². The van der Waals surface area contributed by atoms with Gasteiger partial charge in [0.1, 0.15) is 5.75 Å². The SMILES string of the molecule is COc1cc([N+](=O)[O-])ccc1NC(=O)c1ccc(Cl)cc1Cl. The molecule has 0 radical (unpaired) electrons. The normalized spacial score (nSPS) is 10.1. The van der Waals surface area contributed by atoms with Gasteiger partial charge in [0.15, 0.2) is 0 Å². The summed E-state index contributed by atoms with van der Waals surface area (Å²) in [5, 5.41) is 13.9. The minimum absolute atomic E-state index is 0.139. The largest absolute Gasteiger partial charge is 0.494 e. The maximum atomic E-state index is 12.2. The smallest absolute Gasteiger partial charge is 0.273 e. The van der Waals surface area contributed by atoms with Crippen molar-refractivity contribution < 1.29 is 14.5 Å². The Morgan fingerprint density at radius 2 is 1.95 bits per heavy atom. The number of methoxy groups -OCH3 is 1. The lowest BCUT2D eigenvalue weighted by atomic mass is 10.2. The number of halogens is 2. The number of hydrogen-bond donors (Lipinski definition) is 1. The van der Waals surface area contributed by atoms with Crippen molar-refractivity contribution in [1.29, 1.82) is 0 Å². The molecule has 2 aromatic rings. The zero-order valence-electron chi connectivity index (χ0n) is 11.3. The number of nitro groups is 1. The summed E-state index contributed by atoms with van der Waals surface area (Å²) in [6, 6.07) is 8.34. The van der Waals surface area contributed by atoms with E-state index < -0.39 is 10.8 Å². The van der Waals surface area contributed by atoms with Crippen LogP contribution in [-0.4, -0.2) is 17.9 Å².